The Morgan fingerprint density at radius 2 is 2.25 bits per heavy atom. The lowest BCUT2D eigenvalue weighted by molar-refractivity contribution is 0.1000. The molecular formula is C12H18N2O2. The Kier molecular flexibility index (Phi) is 4.46. The summed E-state index contributed by atoms with van der Waals surface area (Å²) in [4.78, 5) is 10.9. The summed E-state index contributed by atoms with van der Waals surface area (Å²) in [7, 11) is 0. The van der Waals surface area contributed by atoms with Crippen LogP contribution in [0.1, 0.15) is 28.4 Å². The molecule has 0 aromatic heterocycles. The van der Waals surface area contributed by atoms with E-state index in [1.807, 2.05) is 13.0 Å². The lowest BCUT2D eigenvalue weighted by Gasteiger charge is -2.10. The average molecular weight is 222 g/mol. The zero-order valence-corrected chi connectivity index (χ0v) is 9.66. The first-order chi connectivity index (χ1) is 7.50. The Bertz CT molecular complexity index is 375. The largest absolute Gasteiger partial charge is 0.392 e. The van der Waals surface area contributed by atoms with Crippen molar-refractivity contribution in [2.24, 2.45) is 5.73 Å². The van der Waals surface area contributed by atoms with Crippen molar-refractivity contribution in [3.8, 4) is 0 Å². The van der Waals surface area contributed by atoms with E-state index in [1.165, 1.54) is 0 Å². The van der Waals surface area contributed by atoms with Crippen molar-refractivity contribution >= 4 is 5.91 Å². The predicted molar refractivity (Wildman–Crippen MR) is 63.1 cm³/mol. The molecule has 0 radical (unpaired) electrons. The number of aliphatic hydroxyl groups excluding tert-OH is 1. The van der Waals surface area contributed by atoms with Crippen LogP contribution in [0.25, 0.3) is 0 Å². The molecule has 1 rings (SSSR count). The van der Waals surface area contributed by atoms with E-state index in [4.69, 9.17) is 10.8 Å². The number of hydrogen-bond donors (Lipinski definition) is 3. The van der Waals surface area contributed by atoms with E-state index in [0.717, 1.165) is 11.1 Å². The van der Waals surface area contributed by atoms with Gasteiger partial charge in [0, 0.05) is 18.7 Å². The number of benzene rings is 1. The molecule has 0 saturated heterocycles. The van der Waals surface area contributed by atoms with E-state index in [2.05, 4.69) is 5.32 Å². The zero-order chi connectivity index (χ0) is 12.1. The molecule has 0 heterocycles. The SMILES string of the molecule is Cc1cc(C(N)=O)ccc1CNCC(C)O. The molecule has 16 heavy (non-hydrogen) atoms. The molecule has 1 aromatic carbocycles. The van der Waals surface area contributed by atoms with Gasteiger partial charge in [0.05, 0.1) is 6.10 Å². The molecule has 0 bridgehead atoms. The van der Waals surface area contributed by atoms with Gasteiger partial charge in [0.25, 0.3) is 0 Å². The summed E-state index contributed by atoms with van der Waals surface area (Å²) in [5, 5.41) is 12.2. The van der Waals surface area contributed by atoms with Crippen molar-refractivity contribution in [1.29, 1.82) is 0 Å². The lowest BCUT2D eigenvalue weighted by Crippen LogP contribution is -2.24. The molecule has 4 heteroatoms. The number of carbonyl (C=O) groups is 1. The number of nitrogens with one attached hydrogen (secondary N) is 1. The maximum Gasteiger partial charge on any atom is 0.248 e. The average Bonchev–Trinajstić information content (AvgIpc) is 2.19. The summed E-state index contributed by atoms with van der Waals surface area (Å²) in [6.45, 7) is 4.90. The summed E-state index contributed by atoms with van der Waals surface area (Å²) < 4.78 is 0. The fourth-order valence-corrected chi connectivity index (χ4v) is 1.46. The third kappa shape index (κ3) is 3.64. The number of aryl methyl sites for hydroxylation is 1. The molecule has 1 atom stereocenters. The molecule has 1 unspecified atom stereocenters. The van der Waals surface area contributed by atoms with Gasteiger partial charge in [-0.05, 0) is 37.1 Å². The molecule has 0 aliphatic carbocycles. The Balaban J connectivity index is 2.64. The van der Waals surface area contributed by atoms with Crippen molar-refractivity contribution < 1.29 is 9.90 Å². The number of primary amides is 1. The number of rotatable bonds is 5. The molecule has 0 saturated carbocycles. The van der Waals surface area contributed by atoms with Gasteiger partial charge in [-0.3, -0.25) is 4.79 Å². The Hall–Kier alpha value is -1.39. The molecule has 0 aliphatic heterocycles. The van der Waals surface area contributed by atoms with Crippen LogP contribution in [0.15, 0.2) is 18.2 Å². The molecular weight excluding hydrogens is 204 g/mol. The van der Waals surface area contributed by atoms with Gasteiger partial charge in [0.15, 0.2) is 0 Å². The molecule has 88 valence electrons. The second-order valence-electron chi connectivity index (χ2n) is 3.99. The normalized spacial score (nSPS) is 12.4. The topological polar surface area (TPSA) is 75.4 Å². The Morgan fingerprint density at radius 3 is 2.75 bits per heavy atom. The molecule has 4 N–H and O–H groups in total. The third-order valence-corrected chi connectivity index (χ3v) is 2.38. The second-order valence-corrected chi connectivity index (χ2v) is 3.99. The van der Waals surface area contributed by atoms with E-state index in [1.54, 1.807) is 19.1 Å². The Labute approximate surface area is 95.5 Å². The molecule has 0 fully saturated rings. The van der Waals surface area contributed by atoms with Crippen molar-refractivity contribution in [2.75, 3.05) is 6.54 Å². The van der Waals surface area contributed by atoms with Crippen LogP contribution >= 0.6 is 0 Å². The van der Waals surface area contributed by atoms with Crippen LogP contribution in [-0.4, -0.2) is 23.7 Å². The van der Waals surface area contributed by atoms with Crippen LogP contribution in [0.2, 0.25) is 0 Å². The molecule has 1 aromatic rings. The highest BCUT2D eigenvalue weighted by atomic mass is 16.3. The van der Waals surface area contributed by atoms with Gasteiger partial charge in [-0.15, -0.1) is 0 Å². The van der Waals surface area contributed by atoms with E-state index in [0.29, 0.717) is 18.7 Å². The van der Waals surface area contributed by atoms with Crippen LogP contribution in [0.4, 0.5) is 0 Å². The zero-order valence-electron chi connectivity index (χ0n) is 9.66. The third-order valence-electron chi connectivity index (χ3n) is 2.38. The van der Waals surface area contributed by atoms with Crippen LogP contribution in [0.3, 0.4) is 0 Å². The highest BCUT2D eigenvalue weighted by Crippen LogP contribution is 2.10. The Morgan fingerprint density at radius 1 is 1.56 bits per heavy atom. The first kappa shape index (κ1) is 12.7. The number of nitrogens with two attached hydrogens (primary N) is 1. The van der Waals surface area contributed by atoms with Gasteiger partial charge in [0.2, 0.25) is 5.91 Å². The number of aliphatic hydroxyl groups is 1. The smallest absolute Gasteiger partial charge is 0.248 e. The summed E-state index contributed by atoms with van der Waals surface area (Å²) >= 11 is 0. The quantitative estimate of drug-likeness (QED) is 0.681. The van der Waals surface area contributed by atoms with Gasteiger partial charge in [0.1, 0.15) is 0 Å². The van der Waals surface area contributed by atoms with Gasteiger partial charge in [-0.1, -0.05) is 6.07 Å². The first-order valence-corrected chi connectivity index (χ1v) is 5.29. The summed E-state index contributed by atoms with van der Waals surface area (Å²) in [6, 6.07) is 5.38. The number of carbonyl (C=O) groups excluding carboxylic acids is 1. The molecule has 4 nitrogen and oxygen atoms in total. The summed E-state index contributed by atoms with van der Waals surface area (Å²) in [6.07, 6.45) is -0.356. The minimum absolute atomic E-state index is 0.356. The van der Waals surface area contributed by atoms with Crippen molar-refractivity contribution in [3.05, 3.63) is 34.9 Å². The van der Waals surface area contributed by atoms with Crippen molar-refractivity contribution in [2.45, 2.75) is 26.5 Å². The standard InChI is InChI=1S/C12H18N2O2/c1-8-5-10(12(13)16)3-4-11(8)7-14-6-9(2)15/h3-5,9,14-15H,6-7H2,1-2H3,(H2,13,16). The van der Waals surface area contributed by atoms with Crippen LogP contribution in [-0.2, 0) is 6.54 Å². The van der Waals surface area contributed by atoms with Crippen LogP contribution in [0, 0.1) is 6.92 Å². The van der Waals surface area contributed by atoms with E-state index in [-0.39, 0.29) is 6.10 Å². The molecule has 1 amide bonds. The monoisotopic (exact) mass is 222 g/mol. The highest BCUT2D eigenvalue weighted by Gasteiger charge is 2.04. The van der Waals surface area contributed by atoms with Gasteiger partial charge in [-0.2, -0.15) is 0 Å². The highest BCUT2D eigenvalue weighted by molar-refractivity contribution is 5.93. The minimum atomic E-state index is -0.411. The van der Waals surface area contributed by atoms with E-state index < -0.39 is 5.91 Å². The van der Waals surface area contributed by atoms with Crippen LogP contribution in [0.5, 0.6) is 0 Å². The first-order valence-electron chi connectivity index (χ1n) is 5.29. The second kappa shape index (κ2) is 5.63. The summed E-state index contributed by atoms with van der Waals surface area (Å²) in [5.41, 5.74) is 7.83. The number of amides is 1. The lowest BCUT2D eigenvalue weighted by atomic mass is 10.0. The number of hydrogen-bond acceptors (Lipinski definition) is 3. The van der Waals surface area contributed by atoms with Crippen molar-refractivity contribution in [3.63, 3.8) is 0 Å². The van der Waals surface area contributed by atoms with Gasteiger partial charge < -0.3 is 16.2 Å². The molecule has 0 aliphatic rings. The van der Waals surface area contributed by atoms with Crippen molar-refractivity contribution in [1.82, 2.24) is 5.32 Å². The fraction of sp³-hybridized carbons (Fsp3) is 0.417. The van der Waals surface area contributed by atoms with E-state index in [9.17, 15) is 4.79 Å². The van der Waals surface area contributed by atoms with Gasteiger partial charge >= 0.3 is 0 Å². The summed E-state index contributed by atoms with van der Waals surface area (Å²) in [5.74, 6) is -0.411. The van der Waals surface area contributed by atoms with E-state index >= 15 is 0 Å². The maximum absolute atomic E-state index is 10.9. The maximum atomic E-state index is 10.9. The predicted octanol–water partition coefficient (Wildman–Crippen LogP) is 0.564. The fourth-order valence-electron chi connectivity index (χ4n) is 1.46. The van der Waals surface area contributed by atoms with Crippen LogP contribution < -0.4 is 11.1 Å². The minimum Gasteiger partial charge on any atom is -0.392 e. The van der Waals surface area contributed by atoms with Gasteiger partial charge in [-0.25, -0.2) is 0 Å². The molecule has 0 spiro atoms.